The number of benzene rings is 1. The normalized spacial score (nSPS) is 13.9. The molecule has 0 aliphatic heterocycles. The molecule has 21 heavy (non-hydrogen) atoms. The maximum Gasteiger partial charge on any atom is 0.148 e. The molecule has 0 aliphatic rings. The number of rotatable bonds is 7. The fourth-order valence-corrected chi connectivity index (χ4v) is 3.25. The van der Waals surface area contributed by atoms with E-state index in [0.29, 0.717) is 0 Å². The molecule has 3 nitrogen and oxygen atoms in total. The molecule has 4 heteroatoms. The fourth-order valence-electron chi connectivity index (χ4n) is 2.18. The van der Waals surface area contributed by atoms with Gasteiger partial charge in [0.15, 0.2) is 0 Å². The van der Waals surface area contributed by atoms with E-state index in [-0.39, 0.29) is 12.1 Å². The first-order chi connectivity index (χ1) is 10.1. The summed E-state index contributed by atoms with van der Waals surface area (Å²) >= 11 is 1.70. The molecular formula is C17H23NO2S. The highest BCUT2D eigenvalue weighted by Crippen LogP contribution is 2.30. The van der Waals surface area contributed by atoms with Crippen LogP contribution in [0.5, 0.6) is 5.75 Å². The van der Waals surface area contributed by atoms with Gasteiger partial charge in [0.1, 0.15) is 11.9 Å². The van der Waals surface area contributed by atoms with Gasteiger partial charge < -0.3 is 15.2 Å². The number of nitrogens with two attached hydrogens (primary N) is 1. The zero-order valence-corrected chi connectivity index (χ0v) is 13.7. The van der Waals surface area contributed by atoms with E-state index < -0.39 is 0 Å². The van der Waals surface area contributed by atoms with Gasteiger partial charge in [-0.1, -0.05) is 12.1 Å². The molecule has 0 saturated carbocycles. The van der Waals surface area contributed by atoms with Gasteiger partial charge in [-0.3, -0.25) is 0 Å². The molecule has 1 aromatic heterocycles. The van der Waals surface area contributed by atoms with Crippen molar-refractivity contribution in [3.8, 4) is 5.75 Å². The van der Waals surface area contributed by atoms with Crippen LogP contribution in [0.2, 0.25) is 0 Å². The lowest BCUT2D eigenvalue weighted by atomic mass is 10.1. The lowest BCUT2D eigenvalue weighted by Gasteiger charge is -2.22. The standard InChI is InChI=1S/C17H23NO2S/c1-12-9-11-21-17(12)16(13(2)18)20-15-6-4-14(5-7-15)8-10-19-3/h4-7,9,11,13,16H,8,10,18H2,1-3H3. The summed E-state index contributed by atoms with van der Waals surface area (Å²) in [5.74, 6) is 0.853. The summed E-state index contributed by atoms with van der Waals surface area (Å²) in [6.45, 7) is 4.81. The molecule has 1 heterocycles. The molecule has 0 bridgehead atoms. The van der Waals surface area contributed by atoms with Crippen LogP contribution in [0.25, 0.3) is 0 Å². The van der Waals surface area contributed by atoms with Crippen LogP contribution in [-0.2, 0) is 11.2 Å². The van der Waals surface area contributed by atoms with Crippen LogP contribution < -0.4 is 10.5 Å². The Balaban J connectivity index is 2.09. The average Bonchev–Trinajstić information content (AvgIpc) is 2.89. The quantitative estimate of drug-likeness (QED) is 0.848. The summed E-state index contributed by atoms with van der Waals surface area (Å²) in [7, 11) is 1.72. The molecule has 0 radical (unpaired) electrons. The minimum atomic E-state index is -0.102. The molecular weight excluding hydrogens is 282 g/mol. The molecule has 1 aromatic carbocycles. The molecule has 2 aromatic rings. The maximum atomic E-state index is 6.11. The second kappa shape index (κ2) is 7.59. The van der Waals surface area contributed by atoms with Gasteiger partial charge in [-0.2, -0.15) is 0 Å². The molecule has 2 rings (SSSR count). The Kier molecular flexibility index (Phi) is 5.79. The van der Waals surface area contributed by atoms with E-state index in [1.807, 2.05) is 19.1 Å². The van der Waals surface area contributed by atoms with Crippen molar-refractivity contribution in [3.63, 3.8) is 0 Å². The Hall–Kier alpha value is -1.36. The molecule has 0 saturated heterocycles. The Morgan fingerprint density at radius 2 is 1.90 bits per heavy atom. The second-order valence-electron chi connectivity index (χ2n) is 5.25. The number of aryl methyl sites for hydroxylation is 1. The fraction of sp³-hybridized carbons (Fsp3) is 0.412. The predicted molar refractivity (Wildman–Crippen MR) is 88.1 cm³/mol. The van der Waals surface area contributed by atoms with Gasteiger partial charge in [0.25, 0.3) is 0 Å². The zero-order valence-electron chi connectivity index (χ0n) is 12.8. The number of ether oxygens (including phenoxy) is 2. The Morgan fingerprint density at radius 1 is 1.19 bits per heavy atom. The van der Waals surface area contributed by atoms with Crippen LogP contribution in [0.4, 0.5) is 0 Å². The van der Waals surface area contributed by atoms with Gasteiger partial charge >= 0.3 is 0 Å². The summed E-state index contributed by atoms with van der Waals surface area (Å²) in [5.41, 5.74) is 8.58. The van der Waals surface area contributed by atoms with Gasteiger partial charge in [0, 0.05) is 18.0 Å². The second-order valence-corrected chi connectivity index (χ2v) is 6.20. The van der Waals surface area contributed by atoms with E-state index in [0.717, 1.165) is 18.8 Å². The van der Waals surface area contributed by atoms with E-state index in [1.54, 1.807) is 18.4 Å². The molecule has 2 atom stereocenters. The highest BCUT2D eigenvalue weighted by molar-refractivity contribution is 7.10. The zero-order chi connectivity index (χ0) is 15.2. The van der Waals surface area contributed by atoms with Crippen LogP contribution in [-0.4, -0.2) is 19.8 Å². The number of thiophene rings is 1. The van der Waals surface area contributed by atoms with Crippen molar-refractivity contribution >= 4 is 11.3 Å². The van der Waals surface area contributed by atoms with Crippen molar-refractivity contribution in [2.24, 2.45) is 5.73 Å². The Bertz CT molecular complexity index is 548. The summed E-state index contributed by atoms with van der Waals surface area (Å²) in [4.78, 5) is 1.20. The molecule has 0 amide bonds. The van der Waals surface area contributed by atoms with Gasteiger partial charge in [-0.25, -0.2) is 0 Å². The third-order valence-electron chi connectivity index (χ3n) is 3.42. The monoisotopic (exact) mass is 305 g/mol. The van der Waals surface area contributed by atoms with Crippen LogP contribution in [0.15, 0.2) is 35.7 Å². The first kappa shape index (κ1) is 16.0. The lowest BCUT2D eigenvalue weighted by molar-refractivity contribution is 0.183. The molecule has 2 unspecified atom stereocenters. The SMILES string of the molecule is COCCc1ccc(OC(c2sccc2C)C(C)N)cc1. The topological polar surface area (TPSA) is 44.5 Å². The summed E-state index contributed by atoms with van der Waals surface area (Å²) in [5, 5.41) is 2.08. The van der Waals surface area contributed by atoms with Crippen LogP contribution in [0.1, 0.15) is 29.0 Å². The summed E-state index contributed by atoms with van der Waals surface area (Å²) < 4.78 is 11.2. The van der Waals surface area contributed by atoms with Crippen LogP contribution in [0.3, 0.4) is 0 Å². The lowest BCUT2D eigenvalue weighted by Crippen LogP contribution is -2.28. The van der Waals surface area contributed by atoms with Crippen molar-refractivity contribution in [1.82, 2.24) is 0 Å². The third kappa shape index (κ3) is 4.30. The van der Waals surface area contributed by atoms with Crippen LogP contribution >= 0.6 is 11.3 Å². The van der Waals surface area contributed by atoms with Crippen LogP contribution in [0, 0.1) is 6.92 Å². The average molecular weight is 305 g/mol. The first-order valence-corrected chi connectivity index (χ1v) is 8.04. The van der Waals surface area contributed by atoms with E-state index in [1.165, 1.54) is 16.0 Å². The predicted octanol–water partition coefficient (Wildman–Crippen LogP) is 3.71. The molecule has 0 fully saturated rings. The highest BCUT2D eigenvalue weighted by atomic mass is 32.1. The minimum absolute atomic E-state index is 0.0597. The van der Waals surface area contributed by atoms with Gasteiger partial charge in [0.2, 0.25) is 0 Å². The Labute approximate surface area is 130 Å². The molecule has 0 spiro atoms. The van der Waals surface area contributed by atoms with Gasteiger partial charge in [-0.15, -0.1) is 11.3 Å². The smallest absolute Gasteiger partial charge is 0.148 e. The molecule has 114 valence electrons. The largest absolute Gasteiger partial charge is 0.483 e. The van der Waals surface area contributed by atoms with Crippen molar-refractivity contribution in [3.05, 3.63) is 51.7 Å². The maximum absolute atomic E-state index is 6.11. The minimum Gasteiger partial charge on any atom is -0.483 e. The third-order valence-corrected chi connectivity index (χ3v) is 4.50. The van der Waals surface area contributed by atoms with E-state index >= 15 is 0 Å². The van der Waals surface area contributed by atoms with Crippen molar-refractivity contribution in [2.75, 3.05) is 13.7 Å². The number of hydrogen-bond donors (Lipinski definition) is 1. The Morgan fingerprint density at radius 3 is 2.43 bits per heavy atom. The molecule has 2 N–H and O–H groups in total. The van der Waals surface area contributed by atoms with Crippen molar-refractivity contribution in [1.29, 1.82) is 0 Å². The first-order valence-electron chi connectivity index (χ1n) is 7.16. The number of methoxy groups -OCH3 is 1. The number of hydrogen-bond acceptors (Lipinski definition) is 4. The molecule has 0 aliphatic carbocycles. The highest BCUT2D eigenvalue weighted by Gasteiger charge is 2.21. The van der Waals surface area contributed by atoms with Gasteiger partial charge in [0.05, 0.1) is 6.61 Å². The van der Waals surface area contributed by atoms with Crippen molar-refractivity contribution in [2.45, 2.75) is 32.4 Å². The van der Waals surface area contributed by atoms with E-state index in [4.69, 9.17) is 15.2 Å². The van der Waals surface area contributed by atoms with E-state index in [2.05, 4.69) is 30.5 Å². The van der Waals surface area contributed by atoms with Crippen molar-refractivity contribution < 1.29 is 9.47 Å². The summed E-state index contributed by atoms with van der Waals surface area (Å²) in [6.07, 6.45) is 0.812. The van der Waals surface area contributed by atoms with Gasteiger partial charge in [-0.05, 0) is 55.0 Å². The van der Waals surface area contributed by atoms with E-state index in [9.17, 15) is 0 Å². The summed E-state index contributed by atoms with van der Waals surface area (Å²) in [6, 6.07) is 10.2.